The number of rotatable bonds is 4. The maximum atomic E-state index is 3.14. The minimum Gasteiger partial charge on any atom is -0.318 e. The van der Waals surface area contributed by atoms with Gasteiger partial charge in [0.25, 0.3) is 0 Å². The molecule has 0 spiro atoms. The van der Waals surface area contributed by atoms with Crippen molar-refractivity contribution in [2.75, 3.05) is 20.1 Å². The Kier molecular flexibility index (Phi) is 5.83. The minimum atomic E-state index is 0.639. The Bertz CT molecular complexity index is 68.1. The fourth-order valence-corrected chi connectivity index (χ4v) is 0.903. The molecule has 9 heavy (non-hydrogen) atoms. The molecule has 3 heteroatoms. The van der Waals surface area contributed by atoms with Gasteiger partial charge in [-0.25, -0.2) is 3.11 Å². The van der Waals surface area contributed by atoms with Crippen LogP contribution in [0.3, 0.4) is 0 Å². The van der Waals surface area contributed by atoms with E-state index in [-0.39, 0.29) is 0 Å². The topological polar surface area (TPSA) is 15.3 Å². The van der Waals surface area contributed by atoms with E-state index in [1.165, 1.54) is 0 Å². The second kappa shape index (κ2) is 5.44. The highest BCUT2D eigenvalue weighted by molar-refractivity contribution is 14.1. The first-order chi connectivity index (χ1) is 4.22. The fourth-order valence-electron chi connectivity index (χ4n) is 0.706. The summed E-state index contributed by atoms with van der Waals surface area (Å²) in [5, 5.41) is 3.14. The Morgan fingerprint density at radius 3 is 2.56 bits per heavy atom. The molecule has 0 aromatic heterocycles. The fraction of sp³-hybridized carbons (Fsp3) is 1.00. The Morgan fingerprint density at radius 1 is 1.67 bits per heavy atom. The van der Waals surface area contributed by atoms with Gasteiger partial charge in [-0.05, 0) is 14.0 Å². The molecule has 0 aliphatic carbocycles. The van der Waals surface area contributed by atoms with Gasteiger partial charge in [0.15, 0.2) is 0 Å². The summed E-state index contributed by atoms with van der Waals surface area (Å²) in [5.41, 5.74) is 0. The second-order valence-corrected chi connectivity index (χ2v) is 3.36. The van der Waals surface area contributed by atoms with Crippen molar-refractivity contribution < 1.29 is 0 Å². The zero-order chi connectivity index (χ0) is 7.28. The first-order valence-electron chi connectivity index (χ1n) is 3.29. The van der Waals surface area contributed by atoms with Crippen molar-refractivity contribution in [3.8, 4) is 0 Å². The van der Waals surface area contributed by atoms with E-state index in [1.807, 2.05) is 7.05 Å². The highest BCUT2D eigenvalue weighted by Crippen LogP contribution is 2.03. The van der Waals surface area contributed by atoms with Crippen LogP contribution in [0.1, 0.15) is 13.8 Å². The number of halogens is 1. The molecule has 1 N–H and O–H groups in total. The molecular weight excluding hydrogens is 227 g/mol. The van der Waals surface area contributed by atoms with E-state index >= 15 is 0 Å². The molecule has 1 atom stereocenters. The molecule has 2 nitrogen and oxygen atoms in total. The molecular formula is C6H15IN2. The Hall–Kier alpha value is 0.650. The van der Waals surface area contributed by atoms with E-state index in [0.717, 1.165) is 13.1 Å². The molecule has 0 heterocycles. The van der Waals surface area contributed by atoms with Gasteiger partial charge in [-0.3, -0.25) is 0 Å². The van der Waals surface area contributed by atoms with Crippen LogP contribution in [0.25, 0.3) is 0 Å². The largest absolute Gasteiger partial charge is 0.318 e. The summed E-state index contributed by atoms with van der Waals surface area (Å²) < 4.78 is 2.29. The van der Waals surface area contributed by atoms with Gasteiger partial charge in [0.2, 0.25) is 0 Å². The van der Waals surface area contributed by atoms with Gasteiger partial charge in [-0.2, -0.15) is 0 Å². The second-order valence-electron chi connectivity index (χ2n) is 2.12. The molecule has 0 rings (SSSR count). The molecule has 0 radical (unpaired) electrons. The van der Waals surface area contributed by atoms with Crippen LogP contribution in [-0.4, -0.2) is 29.3 Å². The van der Waals surface area contributed by atoms with Gasteiger partial charge in [0.05, 0.1) is 0 Å². The molecule has 0 saturated heterocycles. The third-order valence-corrected chi connectivity index (χ3v) is 2.91. The molecule has 0 aliphatic rings. The quantitative estimate of drug-likeness (QED) is 0.590. The summed E-state index contributed by atoms with van der Waals surface area (Å²) in [6.45, 7) is 6.56. The molecule has 0 aromatic rings. The smallest absolute Gasteiger partial charge is 0.0290 e. The van der Waals surface area contributed by atoms with E-state index in [4.69, 9.17) is 0 Å². The van der Waals surface area contributed by atoms with Crippen LogP contribution in [0.4, 0.5) is 0 Å². The van der Waals surface area contributed by atoms with Crippen molar-refractivity contribution >= 4 is 22.9 Å². The van der Waals surface area contributed by atoms with Gasteiger partial charge in [-0.15, -0.1) is 0 Å². The number of nitrogens with zero attached hydrogens (tertiary/aromatic N) is 1. The number of nitrogens with one attached hydrogen (secondary N) is 1. The number of hydrogen-bond acceptors (Lipinski definition) is 2. The van der Waals surface area contributed by atoms with E-state index in [0.29, 0.717) is 6.04 Å². The van der Waals surface area contributed by atoms with Crippen molar-refractivity contribution in [2.24, 2.45) is 0 Å². The molecule has 0 bridgehead atoms. The average Bonchev–Trinajstić information content (AvgIpc) is 1.87. The van der Waals surface area contributed by atoms with Crippen LogP contribution in [-0.2, 0) is 0 Å². The summed E-state index contributed by atoms with van der Waals surface area (Å²) in [6, 6.07) is 0.639. The summed E-state index contributed by atoms with van der Waals surface area (Å²) in [4.78, 5) is 0. The molecule has 0 aliphatic heterocycles. The van der Waals surface area contributed by atoms with Crippen LogP contribution < -0.4 is 5.32 Å². The molecule has 0 amide bonds. The lowest BCUT2D eigenvalue weighted by molar-refractivity contribution is 0.410. The third kappa shape index (κ3) is 4.11. The van der Waals surface area contributed by atoms with Gasteiger partial charge in [0, 0.05) is 42.0 Å². The molecule has 56 valence electrons. The Labute approximate surface area is 71.5 Å². The summed E-state index contributed by atoms with van der Waals surface area (Å²) in [7, 11) is 1.98. The van der Waals surface area contributed by atoms with E-state index in [9.17, 15) is 0 Å². The van der Waals surface area contributed by atoms with Gasteiger partial charge >= 0.3 is 0 Å². The van der Waals surface area contributed by atoms with Crippen LogP contribution in [0, 0.1) is 0 Å². The lowest BCUT2D eigenvalue weighted by Gasteiger charge is -2.19. The predicted molar refractivity (Wildman–Crippen MR) is 49.8 cm³/mol. The standard InChI is InChI=1S/C6H15IN2/c1-4-9(7)6(2)5-8-3/h6,8H,4-5H2,1-3H3. The van der Waals surface area contributed by atoms with Crippen molar-refractivity contribution in [2.45, 2.75) is 19.9 Å². The monoisotopic (exact) mass is 242 g/mol. The van der Waals surface area contributed by atoms with E-state index in [2.05, 4.69) is 45.1 Å². The average molecular weight is 242 g/mol. The van der Waals surface area contributed by atoms with Gasteiger partial charge < -0.3 is 5.32 Å². The molecule has 0 fully saturated rings. The maximum Gasteiger partial charge on any atom is 0.0290 e. The zero-order valence-electron chi connectivity index (χ0n) is 6.32. The lowest BCUT2D eigenvalue weighted by atomic mass is 10.3. The highest BCUT2D eigenvalue weighted by Gasteiger charge is 2.05. The van der Waals surface area contributed by atoms with Crippen LogP contribution in [0.5, 0.6) is 0 Å². The van der Waals surface area contributed by atoms with E-state index in [1.54, 1.807) is 0 Å². The van der Waals surface area contributed by atoms with Gasteiger partial charge in [0.1, 0.15) is 0 Å². The first kappa shape index (κ1) is 9.65. The maximum absolute atomic E-state index is 3.14. The van der Waals surface area contributed by atoms with Crippen LogP contribution in [0.2, 0.25) is 0 Å². The summed E-state index contributed by atoms with van der Waals surface area (Å²) >= 11 is 2.35. The van der Waals surface area contributed by atoms with Crippen molar-refractivity contribution in [3.05, 3.63) is 0 Å². The minimum absolute atomic E-state index is 0.639. The van der Waals surface area contributed by atoms with Crippen molar-refractivity contribution in [3.63, 3.8) is 0 Å². The molecule has 0 saturated carbocycles. The number of hydrogen-bond donors (Lipinski definition) is 1. The summed E-state index contributed by atoms with van der Waals surface area (Å²) in [6.07, 6.45) is 0. The van der Waals surface area contributed by atoms with E-state index < -0.39 is 0 Å². The molecule has 1 unspecified atom stereocenters. The number of likely N-dealkylation sites (N-methyl/N-ethyl adjacent to an activating group) is 2. The Balaban J connectivity index is 3.32. The van der Waals surface area contributed by atoms with Crippen molar-refractivity contribution in [1.29, 1.82) is 0 Å². The lowest BCUT2D eigenvalue weighted by Crippen LogP contribution is -2.32. The van der Waals surface area contributed by atoms with Crippen molar-refractivity contribution in [1.82, 2.24) is 8.43 Å². The highest BCUT2D eigenvalue weighted by atomic mass is 127. The zero-order valence-corrected chi connectivity index (χ0v) is 8.47. The Morgan fingerprint density at radius 2 is 2.22 bits per heavy atom. The van der Waals surface area contributed by atoms with Gasteiger partial charge in [-0.1, -0.05) is 6.92 Å². The SMILES string of the molecule is CCN(I)C(C)CNC. The first-order valence-corrected chi connectivity index (χ1v) is 4.25. The molecule has 0 aromatic carbocycles. The summed E-state index contributed by atoms with van der Waals surface area (Å²) in [5.74, 6) is 0. The predicted octanol–water partition coefficient (Wildman–Crippen LogP) is 1.27. The van der Waals surface area contributed by atoms with Crippen LogP contribution in [0.15, 0.2) is 0 Å². The van der Waals surface area contributed by atoms with Crippen LogP contribution >= 0.6 is 22.9 Å². The normalized spacial score (nSPS) is 14.3. The third-order valence-electron chi connectivity index (χ3n) is 1.28.